The molecule has 1 aliphatic rings. The van der Waals surface area contributed by atoms with Crippen molar-refractivity contribution in [3.63, 3.8) is 0 Å². The zero-order valence-corrected chi connectivity index (χ0v) is 10.1. The summed E-state index contributed by atoms with van der Waals surface area (Å²) in [5, 5.41) is 0. The summed E-state index contributed by atoms with van der Waals surface area (Å²) in [6.45, 7) is 5.76. The van der Waals surface area contributed by atoms with Crippen LogP contribution in [0.15, 0.2) is 30.3 Å². The average molecular weight is 218 g/mol. The highest BCUT2D eigenvalue weighted by Crippen LogP contribution is 2.19. The van der Waals surface area contributed by atoms with Crippen LogP contribution in [0, 0.1) is 0 Å². The fraction of sp³-hybridized carbons (Fsp3) is 0.571. The van der Waals surface area contributed by atoms with Crippen molar-refractivity contribution >= 4 is 0 Å². The third kappa shape index (κ3) is 3.06. The molecule has 0 saturated carbocycles. The van der Waals surface area contributed by atoms with Crippen LogP contribution in [0.3, 0.4) is 0 Å². The highest BCUT2D eigenvalue weighted by Gasteiger charge is 2.19. The molecule has 1 heterocycles. The predicted octanol–water partition coefficient (Wildman–Crippen LogP) is 2.21. The first kappa shape index (κ1) is 11.6. The standard InChI is InChI=1S/C14H22N2/c1-12(13-5-3-2-4-6-13)7-9-16-10-8-14(15)11-16/h2-6,12,14H,7-11,15H2,1H3/t12-,14+/m1/s1. The molecule has 2 atom stereocenters. The third-order valence-corrected chi connectivity index (χ3v) is 3.56. The van der Waals surface area contributed by atoms with Crippen LogP contribution in [0.5, 0.6) is 0 Å². The maximum atomic E-state index is 5.90. The topological polar surface area (TPSA) is 29.3 Å². The summed E-state index contributed by atoms with van der Waals surface area (Å²) in [7, 11) is 0. The summed E-state index contributed by atoms with van der Waals surface area (Å²) in [4.78, 5) is 2.49. The molecule has 1 saturated heterocycles. The molecule has 2 N–H and O–H groups in total. The third-order valence-electron chi connectivity index (χ3n) is 3.56. The molecule has 2 nitrogen and oxygen atoms in total. The second-order valence-corrected chi connectivity index (χ2v) is 4.95. The van der Waals surface area contributed by atoms with Crippen LogP contribution in [-0.2, 0) is 0 Å². The van der Waals surface area contributed by atoms with Crippen molar-refractivity contribution in [1.29, 1.82) is 0 Å². The van der Waals surface area contributed by atoms with Crippen molar-refractivity contribution in [2.75, 3.05) is 19.6 Å². The van der Waals surface area contributed by atoms with Crippen molar-refractivity contribution in [3.05, 3.63) is 35.9 Å². The van der Waals surface area contributed by atoms with E-state index in [0.29, 0.717) is 12.0 Å². The maximum absolute atomic E-state index is 5.90. The van der Waals surface area contributed by atoms with E-state index >= 15 is 0 Å². The van der Waals surface area contributed by atoms with Crippen LogP contribution in [0.25, 0.3) is 0 Å². The van der Waals surface area contributed by atoms with Gasteiger partial charge in [0, 0.05) is 12.6 Å². The number of nitrogens with zero attached hydrogens (tertiary/aromatic N) is 1. The first-order chi connectivity index (χ1) is 7.75. The van der Waals surface area contributed by atoms with E-state index in [9.17, 15) is 0 Å². The first-order valence-corrected chi connectivity index (χ1v) is 6.28. The molecule has 0 radical (unpaired) electrons. The van der Waals surface area contributed by atoms with Gasteiger partial charge in [0.1, 0.15) is 0 Å². The van der Waals surface area contributed by atoms with Crippen LogP contribution in [0.1, 0.15) is 31.2 Å². The van der Waals surface area contributed by atoms with Crippen LogP contribution in [0.2, 0.25) is 0 Å². The number of benzene rings is 1. The number of likely N-dealkylation sites (tertiary alicyclic amines) is 1. The van der Waals surface area contributed by atoms with Gasteiger partial charge in [0.15, 0.2) is 0 Å². The van der Waals surface area contributed by atoms with Gasteiger partial charge >= 0.3 is 0 Å². The monoisotopic (exact) mass is 218 g/mol. The smallest absolute Gasteiger partial charge is 0.0180 e. The summed E-state index contributed by atoms with van der Waals surface area (Å²) >= 11 is 0. The van der Waals surface area contributed by atoms with Gasteiger partial charge in [-0.05, 0) is 37.4 Å². The molecule has 0 aromatic heterocycles. The lowest BCUT2D eigenvalue weighted by atomic mass is 9.98. The Bertz CT molecular complexity index is 310. The van der Waals surface area contributed by atoms with E-state index in [1.807, 2.05) is 0 Å². The highest BCUT2D eigenvalue weighted by atomic mass is 15.2. The SMILES string of the molecule is C[C@H](CCN1CC[C@H](N)C1)c1ccccc1. The zero-order valence-electron chi connectivity index (χ0n) is 10.1. The Hall–Kier alpha value is -0.860. The van der Waals surface area contributed by atoms with Crippen molar-refractivity contribution in [3.8, 4) is 0 Å². The molecule has 1 aromatic carbocycles. The Kier molecular flexibility index (Phi) is 3.97. The van der Waals surface area contributed by atoms with Crippen LogP contribution < -0.4 is 5.73 Å². The fourth-order valence-electron chi connectivity index (χ4n) is 2.39. The molecule has 2 heteroatoms. The van der Waals surface area contributed by atoms with Crippen molar-refractivity contribution in [1.82, 2.24) is 4.90 Å². The van der Waals surface area contributed by atoms with E-state index in [1.54, 1.807) is 0 Å². The van der Waals surface area contributed by atoms with E-state index in [2.05, 4.69) is 42.2 Å². The molecule has 1 fully saturated rings. The lowest BCUT2D eigenvalue weighted by Gasteiger charge is -2.18. The van der Waals surface area contributed by atoms with Gasteiger partial charge in [0.25, 0.3) is 0 Å². The van der Waals surface area contributed by atoms with Gasteiger partial charge in [-0.3, -0.25) is 0 Å². The van der Waals surface area contributed by atoms with Gasteiger partial charge in [-0.1, -0.05) is 37.3 Å². The van der Waals surface area contributed by atoms with Gasteiger partial charge in [0.2, 0.25) is 0 Å². The minimum atomic E-state index is 0.409. The molecular formula is C14H22N2. The quantitative estimate of drug-likeness (QED) is 0.839. The molecule has 0 unspecified atom stereocenters. The number of nitrogens with two attached hydrogens (primary N) is 1. The van der Waals surface area contributed by atoms with E-state index in [4.69, 9.17) is 5.73 Å². The molecular weight excluding hydrogens is 196 g/mol. The first-order valence-electron chi connectivity index (χ1n) is 6.28. The van der Waals surface area contributed by atoms with Crippen LogP contribution in [-0.4, -0.2) is 30.6 Å². The van der Waals surface area contributed by atoms with Crippen LogP contribution in [0.4, 0.5) is 0 Å². The Morgan fingerprint density at radius 3 is 2.75 bits per heavy atom. The lowest BCUT2D eigenvalue weighted by Crippen LogP contribution is -2.27. The molecule has 1 aromatic rings. The van der Waals surface area contributed by atoms with Gasteiger partial charge in [-0.25, -0.2) is 0 Å². The normalized spacial score (nSPS) is 23.5. The number of hydrogen-bond donors (Lipinski definition) is 1. The molecule has 0 amide bonds. The maximum Gasteiger partial charge on any atom is 0.0180 e. The minimum Gasteiger partial charge on any atom is -0.326 e. The average Bonchev–Trinajstić information content (AvgIpc) is 2.73. The van der Waals surface area contributed by atoms with Crippen molar-refractivity contribution < 1.29 is 0 Å². The summed E-state index contributed by atoms with van der Waals surface area (Å²) < 4.78 is 0. The number of rotatable bonds is 4. The van der Waals surface area contributed by atoms with Crippen molar-refractivity contribution in [2.24, 2.45) is 5.73 Å². The van der Waals surface area contributed by atoms with E-state index in [0.717, 1.165) is 6.54 Å². The molecule has 0 bridgehead atoms. The van der Waals surface area contributed by atoms with E-state index < -0.39 is 0 Å². The Morgan fingerprint density at radius 1 is 1.38 bits per heavy atom. The van der Waals surface area contributed by atoms with Gasteiger partial charge < -0.3 is 10.6 Å². The molecule has 0 aliphatic carbocycles. The lowest BCUT2D eigenvalue weighted by molar-refractivity contribution is 0.320. The molecule has 88 valence electrons. The molecule has 2 rings (SSSR count). The van der Waals surface area contributed by atoms with E-state index in [-0.39, 0.29) is 0 Å². The summed E-state index contributed by atoms with van der Waals surface area (Å²) in [5.41, 5.74) is 7.35. The van der Waals surface area contributed by atoms with E-state index in [1.165, 1.54) is 31.5 Å². The zero-order chi connectivity index (χ0) is 11.4. The molecule has 1 aliphatic heterocycles. The molecule has 16 heavy (non-hydrogen) atoms. The fourth-order valence-corrected chi connectivity index (χ4v) is 2.39. The molecule has 0 spiro atoms. The summed E-state index contributed by atoms with van der Waals surface area (Å²) in [6.07, 6.45) is 2.40. The minimum absolute atomic E-state index is 0.409. The second-order valence-electron chi connectivity index (χ2n) is 4.95. The van der Waals surface area contributed by atoms with Gasteiger partial charge in [0.05, 0.1) is 0 Å². The van der Waals surface area contributed by atoms with Crippen molar-refractivity contribution in [2.45, 2.75) is 31.7 Å². The second kappa shape index (κ2) is 5.46. The number of hydrogen-bond acceptors (Lipinski definition) is 2. The summed E-state index contributed by atoms with van der Waals surface area (Å²) in [5.74, 6) is 0.651. The summed E-state index contributed by atoms with van der Waals surface area (Å²) in [6, 6.07) is 11.2. The Balaban J connectivity index is 1.78. The van der Waals surface area contributed by atoms with Gasteiger partial charge in [-0.2, -0.15) is 0 Å². The Labute approximate surface area is 98.4 Å². The predicted molar refractivity (Wildman–Crippen MR) is 68.5 cm³/mol. The van der Waals surface area contributed by atoms with Gasteiger partial charge in [-0.15, -0.1) is 0 Å². The highest BCUT2D eigenvalue weighted by molar-refractivity contribution is 5.18. The Morgan fingerprint density at radius 2 is 2.12 bits per heavy atom. The largest absolute Gasteiger partial charge is 0.326 e. The van der Waals surface area contributed by atoms with Crippen LogP contribution >= 0.6 is 0 Å².